The molecule has 1 heteroatoms. The van der Waals surface area contributed by atoms with Crippen molar-refractivity contribution in [1.82, 2.24) is 0 Å². The van der Waals surface area contributed by atoms with Crippen LogP contribution in [-0.4, -0.2) is 5.11 Å². The van der Waals surface area contributed by atoms with Crippen molar-refractivity contribution in [3.63, 3.8) is 0 Å². The fourth-order valence-electron chi connectivity index (χ4n) is 2.52. The second-order valence-corrected chi connectivity index (χ2v) is 5.23. The molecule has 0 unspecified atom stereocenters. The third kappa shape index (κ3) is 3.60. The predicted octanol–water partition coefficient (Wildman–Crippen LogP) is 4.83. The van der Waals surface area contributed by atoms with Crippen LogP contribution in [0, 0.1) is 6.92 Å². The third-order valence-electron chi connectivity index (χ3n) is 3.64. The van der Waals surface area contributed by atoms with Crippen LogP contribution in [0.15, 0.2) is 48.5 Å². The first-order chi connectivity index (χ1) is 9.20. The molecule has 0 aliphatic carbocycles. The van der Waals surface area contributed by atoms with E-state index in [1.807, 2.05) is 18.2 Å². The fraction of sp³-hybridized carbons (Fsp3) is 0.333. The highest BCUT2D eigenvalue weighted by Gasteiger charge is 2.13. The van der Waals surface area contributed by atoms with Crippen LogP contribution in [0.25, 0.3) is 0 Å². The molecule has 0 saturated heterocycles. The number of aromatic hydroxyl groups is 1. The van der Waals surface area contributed by atoms with Crippen molar-refractivity contribution in [2.24, 2.45) is 0 Å². The molecule has 1 N–H and O–H groups in total. The highest BCUT2D eigenvalue weighted by atomic mass is 16.3. The Bertz CT molecular complexity index is 513. The summed E-state index contributed by atoms with van der Waals surface area (Å²) >= 11 is 0. The minimum absolute atomic E-state index is 0.413. The van der Waals surface area contributed by atoms with Gasteiger partial charge in [0, 0.05) is 0 Å². The number of phenols is 1. The highest BCUT2D eigenvalue weighted by Crippen LogP contribution is 2.29. The molecule has 0 bridgehead atoms. The van der Waals surface area contributed by atoms with Gasteiger partial charge in [0.15, 0.2) is 0 Å². The van der Waals surface area contributed by atoms with E-state index >= 15 is 0 Å². The van der Waals surface area contributed by atoms with Crippen LogP contribution in [0.2, 0.25) is 0 Å². The van der Waals surface area contributed by atoms with Gasteiger partial charge in [-0.15, -0.1) is 0 Å². The molecule has 0 spiro atoms. The van der Waals surface area contributed by atoms with Crippen molar-refractivity contribution >= 4 is 0 Å². The first kappa shape index (κ1) is 13.7. The zero-order valence-corrected chi connectivity index (χ0v) is 11.8. The molecule has 0 aliphatic heterocycles. The molecule has 1 atom stereocenters. The maximum atomic E-state index is 9.92. The van der Waals surface area contributed by atoms with Gasteiger partial charge in [-0.25, -0.2) is 0 Å². The van der Waals surface area contributed by atoms with Crippen LogP contribution in [-0.2, 0) is 6.42 Å². The largest absolute Gasteiger partial charge is 0.508 e. The minimum atomic E-state index is 0.413. The molecule has 2 aromatic rings. The van der Waals surface area contributed by atoms with Crippen molar-refractivity contribution in [3.05, 3.63) is 65.2 Å². The molecule has 2 rings (SSSR count). The Labute approximate surface area is 115 Å². The Morgan fingerprint density at radius 2 is 1.68 bits per heavy atom. The summed E-state index contributed by atoms with van der Waals surface area (Å²) < 4.78 is 0. The van der Waals surface area contributed by atoms with E-state index in [0.717, 1.165) is 24.8 Å². The van der Waals surface area contributed by atoms with Crippen LogP contribution < -0.4 is 0 Å². The Balaban J connectivity index is 2.21. The molecule has 0 fully saturated rings. The van der Waals surface area contributed by atoms with Crippen molar-refractivity contribution in [3.8, 4) is 5.75 Å². The van der Waals surface area contributed by atoms with Crippen LogP contribution in [0.5, 0.6) is 5.75 Å². The zero-order chi connectivity index (χ0) is 13.7. The lowest BCUT2D eigenvalue weighted by atomic mass is 9.88. The minimum Gasteiger partial charge on any atom is -0.508 e. The SMILES string of the molecule is CCC[C@@H](Cc1ccccc1O)c1ccc(C)cc1. The van der Waals surface area contributed by atoms with Gasteiger partial charge in [0.05, 0.1) is 0 Å². The standard InChI is InChI=1S/C18H22O/c1-3-6-16(15-11-9-14(2)10-12-15)13-17-7-4-5-8-18(17)19/h4-5,7-12,16,19H,3,6,13H2,1-2H3/t16-/m0/s1. The topological polar surface area (TPSA) is 20.2 Å². The Morgan fingerprint density at radius 1 is 1.00 bits per heavy atom. The van der Waals surface area contributed by atoms with Gasteiger partial charge < -0.3 is 5.11 Å². The Morgan fingerprint density at radius 3 is 2.32 bits per heavy atom. The van der Waals surface area contributed by atoms with E-state index in [-0.39, 0.29) is 0 Å². The molecule has 19 heavy (non-hydrogen) atoms. The summed E-state index contributed by atoms with van der Waals surface area (Å²) in [6.45, 7) is 4.33. The van der Waals surface area contributed by atoms with Crippen LogP contribution >= 0.6 is 0 Å². The van der Waals surface area contributed by atoms with E-state index in [2.05, 4.69) is 38.1 Å². The zero-order valence-electron chi connectivity index (χ0n) is 11.8. The summed E-state index contributed by atoms with van der Waals surface area (Å²) in [5.74, 6) is 0.898. The van der Waals surface area contributed by atoms with E-state index < -0.39 is 0 Å². The van der Waals surface area contributed by atoms with Gasteiger partial charge in [0.1, 0.15) is 5.75 Å². The maximum absolute atomic E-state index is 9.92. The van der Waals surface area contributed by atoms with Crippen molar-refractivity contribution < 1.29 is 5.11 Å². The van der Waals surface area contributed by atoms with E-state index in [4.69, 9.17) is 0 Å². The molecular weight excluding hydrogens is 232 g/mol. The number of benzene rings is 2. The third-order valence-corrected chi connectivity index (χ3v) is 3.64. The van der Waals surface area contributed by atoms with E-state index in [1.54, 1.807) is 6.07 Å². The number of para-hydroxylation sites is 1. The summed E-state index contributed by atoms with van der Waals surface area (Å²) in [6, 6.07) is 16.4. The van der Waals surface area contributed by atoms with Crippen LogP contribution in [0.4, 0.5) is 0 Å². The lowest BCUT2D eigenvalue weighted by molar-refractivity contribution is 0.463. The fourth-order valence-corrected chi connectivity index (χ4v) is 2.52. The molecular formula is C18H22O. The first-order valence-electron chi connectivity index (χ1n) is 7.04. The number of aryl methyl sites for hydroxylation is 1. The van der Waals surface area contributed by atoms with Crippen LogP contribution in [0.3, 0.4) is 0 Å². The molecule has 0 radical (unpaired) electrons. The Hall–Kier alpha value is -1.76. The number of rotatable bonds is 5. The van der Waals surface area contributed by atoms with Gasteiger partial charge in [0.25, 0.3) is 0 Å². The van der Waals surface area contributed by atoms with Crippen molar-refractivity contribution in [2.75, 3.05) is 0 Å². The molecule has 0 amide bonds. The monoisotopic (exact) mass is 254 g/mol. The summed E-state index contributed by atoms with van der Waals surface area (Å²) in [6.07, 6.45) is 3.22. The highest BCUT2D eigenvalue weighted by molar-refractivity contribution is 5.34. The molecule has 100 valence electrons. The second kappa shape index (κ2) is 6.42. The second-order valence-electron chi connectivity index (χ2n) is 5.23. The Kier molecular flexibility index (Phi) is 4.62. The van der Waals surface area contributed by atoms with Gasteiger partial charge in [-0.3, -0.25) is 0 Å². The number of hydrogen-bond donors (Lipinski definition) is 1. The summed E-state index contributed by atoms with van der Waals surface area (Å²) in [5, 5.41) is 9.92. The van der Waals surface area contributed by atoms with E-state index in [1.165, 1.54) is 11.1 Å². The molecule has 0 aromatic heterocycles. The molecule has 0 saturated carbocycles. The number of hydrogen-bond acceptors (Lipinski definition) is 1. The van der Waals surface area contributed by atoms with Crippen LogP contribution in [0.1, 0.15) is 42.4 Å². The smallest absolute Gasteiger partial charge is 0.118 e. The van der Waals surface area contributed by atoms with Gasteiger partial charge >= 0.3 is 0 Å². The first-order valence-corrected chi connectivity index (χ1v) is 7.04. The van der Waals surface area contributed by atoms with Gasteiger partial charge in [-0.05, 0) is 42.9 Å². The van der Waals surface area contributed by atoms with Crippen molar-refractivity contribution in [1.29, 1.82) is 0 Å². The normalized spacial score (nSPS) is 12.3. The van der Waals surface area contributed by atoms with Gasteiger partial charge in [-0.2, -0.15) is 0 Å². The summed E-state index contributed by atoms with van der Waals surface area (Å²) in [7, 11) is 0. The average molecular weight is 254 g/mol. The number of phenolic OH excluding ortho intramolecular Hbond substituents is 1. The van der Waals surface area contributed by atoms with E-state index in [9.17, 15) is 5.11 Å². The summed E-state index contributed by atoms with van der Waals surface area (Å²) in [4.78, 5) is 0. The predicted molar refractivity (Wildman–Crippen MR) is 80.6 cm³/mol. The molecule has 2 aromatic carbocycles. The average Bonchev–Trinajstić information content (AvgIpc) is 2.42. The van der Waals surface area contributed by atoms with Crippen molar-refractivity contribution in [2.45, 2.75) is 39.0 Å². The van der Waals surface area contributed by atoms with E-state index in [0.29, 0.717) is 11.7 Å². The molecule has 0 aliphatic rings. The summed E-state index contributed by atoms with van der Waals surface area (Å²) in [5.41, 5.74) is 3.71. The van der Waals surface area contributed by atoms with Gasteiger partial charge in [0.2, 0.25) is 0 Å². The molecule has 1 nitrogen and oxygen atoms in total. The molecule has 0 heterocycles. The van der Waals surface area contributed by atoms with Gasteiger partial charge in [-0.1, -0.05) is 61.4 Å². The maximum Gasteiger partial charge on any atom is 0.118 e. The quantitative estimate of drug-likeness (QED) is 0.810. The lowest BCUT2D eigenvalue weighted by Gasteiger charge is -2.17. The lowest BCUT2D eigenvalue weighted by Crippen LogP contribution is -2.03.